The lowest BCUT2D eigenvalue weighted by Crippen LogP contribution is -2.38. The van der Waals surface area contributed by atoms with Crippen LogP contribution in [0, 0.1) is 0 Å². The van der Waals surface area contributed by atoms with Crippen LogP contribution in [0.1, 0.15) is 37.1 Å². The Hall–Kier alpha value is -2.88. The lowest BCUT2D eigenvalue weighted by molar-refractivity contribution is 0.859. The van der Waals surface area contributed by atoms with Crippen molar-refractivity contribution in [3.05, 3.63) is 92.2 Å². The van der Waals surface area contributed by atoms with Crippen LogP contribution in [-0.4, -0.2) is 0 Å². The molecular weight excluding hydrogens is 300 g/mol. The van der Waals surface area contributed by atoms with Crippen LogP contribution in [0.4, 0.5) is 11.4 Å². The molecule has 0 radical (unpaired) electrons. The fourth-order valence-corrected chi connectivity index (χ4v) is 2.75. The van der Waals surface area contributed by atoms with Gasteiger partial charge in [0.25, 0.3) is 10.9 Å². The highest BCUT2D eigenvalue weighted by Gasteiger charge is 2.24. The van der Waals surface area contributed by atoms with E-state index < -0.39 is 10.9 Å². The normalized spacial score (nSPS) is 13.4. The quantitative estimate of drug-likeness (QED) is 0.681. The molecule has 4 heteroatoms. The van der Waals surface area contributed by atoms with E-state index in [1.54, 1.807) is 0 Å². The van der Waals surface area contributed by atoms with E-state index in [2.05, 4.69) is 10.6 Å². The molecule has 0 saturated heterocycles. The molecule has 0 saturated carbocycles. The number of nitrogens with one attached hydrogen (secondary N) is 2. The largest absolute Gasteiger partial charge is 0.373 e. The zero-order chi connectivity index (χ0) is 17.1. The summed E-state index contributed by atoms with van der Waals surface area (Å²) in [7, 11) is 0. The van der Waals surface area contributed by atoms with Crippen LogP contribution in [-0.2, 0) is 0 Å². The van der Waals surface area contributed by atoms with Gasteiger partial charge in [0, 0.05) is 12.1 Å². The number of hydrogen-bond acceptors (Lipinski definition) is 4. The number of benzene rings is 2. The molecule has 0 heterocycles. The van der Waals surface area contributed by atoms with Gasteiger partial charge in [-0.3, -0.25) is 9.59 Å². The first-order valence-corrected chi connectivity index (χ1v) is 8.04. The van der Waals surface area contributed by atoms with E-state index in [9.17, 15) is 9.59 Å². The second kappa shape index (κ2) is 6.71. The van der Waals surface area contributed by atoms with Crippen molar-refractivity contribution in [3.8, 4) is 0 Å². The summed E-state index contributed by atoms with van der Waals surface area (Å²) in [5, 5.41) is 6.33. The zero-order valence-corrected chi connectivity index (χ0v) is 13.7. The highest BCUT2D eigenvalue weighted by Crippen LogP contribution is 2.25. The van der Waals surface area contributed by atoms with Crippen molar-refractivity contribution in [1.82, 2.24) is 0 Å². The molecule has 0 aliphatic rings. The minimum absolute atomic E-state index is 0.0536. The topological polar surface area (TPSA) is 58.2 Å². The first kappa shape index (κ1) is 16.0. The Morgan fingerprint density at radius 2 is 0.958 bits per heavy atom. The van der Waals surface area contributed by atoms with Gasteiger partial charge in [-0.1, -0.05) is 60.7 Å². The van der Waals surface area contributed by atoms with Gasteiger partial charge in [0.1, 0.15) is 11.4 Å². The van der Waals surface area contributed by atoms with Gasteiger partial charge in [0.05, 0.1) is 0 Å². The molecular formula is C20H20N2O2. The van der Waals surface area contributed by atoms with Gasteiger partial charge in [-0.15, -0.1) is 0 Å². The summed E-state index contributed by atoms with van der Waals surface area (Å²) < 4.78 is 0. The number of hydrogen-bond donors (Lipinski definition) is 2. The summed E-state index contributed by atoms with van der Waals surface area (Å²) in [5.74, 6) is 0. The summed E-state index contributed by atoms with van der Waals surface area (Å²) in [6, 6.07) is 19.5. The average molecular weight is 320 g/mol. The molecule has 0 spiro atoms. The lowest BCUT2D eigenvalue weighted by atomic mass is 10.0. The molecule has 0 aliphatic carbocycles. The fraction of sp³-hybridized carbons (Fsp3) is 0.200. The van der Waals surface area contributed by atoms with Crippen molar-refractivity contribution in [2.45, 2.75) is 25.9 Å². The lowest BCUT2D eigenvalue weighted by Gasteiger charge is -2.22. The van der Waals surface area contributed by atoms with Crippen molar-refractivity contribution < 1.29 is 0 Å². The maximum Gasteiger partial charge on any atom is 0.253 e. The third-order valence-corrected chi connectivity index (χ3v) is 4.23. The molecule has 2 N–H and O–H groups in total. The molecule has 122 valence electrons. The molecule has 0 fully saturated rings. The first-order chi connectivity index (χ1) is 11.6. The standard InChI is InChI=1S/C20H20N2O2/c1-13(15-9-5-3-6-10-15)21-17-18(20(24)19(17)23)22-14(2)16-11-7-4-8-12-16/h3-14,21-22H,1-2H3. The van der Waals surface area contributed by atoms with E-state index in [0.717, 1.165) is 11.1 Å². The van der Waals surface area contributed by atoms with E-state index >= 15 is 0 Å². The van der Waals surface area contributed by atoms with Crippen LogP contribution in [0.5, 0.6) is 0 Å². The molecule has 3 aromatic rings. The van der Waals surface area contributed by atoms with Gasteiger partial charge < -0.3 is 10.6 Å². The molecule has 2 atom stereocenters. The molecule has 4 nitrogen and oxygen atoms in total. The Labute approximate surface area is 140 Å². The van der Waals surface area contributed by atoms with Gasteiger partial charge in [-0.05, 0) is 25.0 Å². The first-order valence-electron chi connectivity index (χ1n) is 8.04. The number of anilines is 2. The summed E-state index contributed by atoms with van der Waals surface area (Å²) in [6.07, 6.45) is 0. The molecule has 24 heavy (non-hydrogen) atoms. The summed E-state index contributed by atoms with van der Waals surface area (Å²) >= 11 is 0. The Morgan fingerprint density at radius 1 is 0.625 bits per heavy atom. The Morgan fingerprint density at radius 3 is 1.29 bits per heavy atom. The molecule has 0 bridgehead atoms. The summed E-state index contributed by atoms with van der Waals surface area (Å²) in [5.41, 5.74) is 1.96. The molecule has 0 amide bonds. The Bertz CT molecular complexity index is 806. The van der Waals surface area contributed by atoms with Crippen molar-refractivity contribution in [2.75, 3.05) is 10.6 Å². The molecule has 3 aromatic carbocycles. The highest BCUT2D eigenvalue weighted by atomic mass is 16.2. The third kappa shape index (κ3) is 3.08. The van der Waals surface area contributed by atoms with Gasteiger partial charge in [-0.2, -0.15) is 0 Å². The van der Waals surface area contributed by atoms with Crippen molar-refractivity contribution in [3.63, 3.8) is 0 Å². The average Bonchev–Trinajstić information content (AvgIpc) is 2.65. The zero-order valence-electron chi connectivity index (χ0n) is 13.7. The molecule has 0 aromatic heterocycles. The SMILES string of the molecule is CC(Nc1c(NC(C)c2ccccc2)c(=O)c1=O)c1ccccc1. The second-order valence-electron chi connectivity index (χ2n) is 5.96. The molecule has 2 unspecified atom stereocenters. The van der Waals surface area contributed by atoms with Crippen LogP contribution >= 0.6 is 0 Å². The van der Waals surface area contributed by atoms with Crippen molar-refractivity contribution >= 4 is 11.4 Å². The van der Waals surface area contributed by atoms with E-state index in [0.29, 0.717) is 11.4 Å². The Kier molecular flexibility index (Phi) is 4.47. The fourth-order valence-electron chi connectivity index (χ4n) is 2.75. The van der Waals surface area contributed by atoms with Crippen LogP contribution < -0.4 is 21.5 Å². The molecule has 3 rings (SSSR count). The monoisotopic (exact) mass is 320 g/mol. The van der Waals surface area contributed by atoms with Crippen LogP contribution in [0.3, 0.4) is 0 Å². The predicted molar refractivity (Wildman–Crippen MR) is 98.3 cm³/mol. The van der Waals surface area contributed by atoms with Gasteiger partial charge in [-0.25, -0.2) is 0 Å². The van der Waals surface area contributed by atoms with E-state index in [1.165, 1.54) is 0 Å². The second-order valence-corrected chi connectivity index (χ2v) is 5.96. The summed E-state index contributed by atoms with van der Waals surface area (Å²) in [6.45, 7) is 3.94. The Balaban J connectivity index is 1.78. The third-order valence-electron chi connectivity index (χ3n) is 4.23. The van der Waals surface area contributed by atoms with E-state index in [-0.39, 0.29) is 12.1 Å². The van der Waals surface area contributed by atoms with Crippen LogP contribution in [0.15, 0.2) is 70.3 Å². The number of rotatable bonds is 6. The summed E-state index contributed by atoms with van der Waals surface area (Å²) in [4.78, 5) is 23.9. The predicted octanol–water partition coefficient (Wildman–Crippen LogP) is 3.63. The maximum absolute atomic E-state index is 11.9. The van der Waals surface area contributed by atoms with Crippen molar-refractivity contribution in [1.29, 1.82) is 0 Å². The van der Waals surface area contributed by atoms with Gasteiger partial charge >= 0.3 is 0 Å². The van der Waals surface area contributed by atoms with Gasteiger partial charge in [0.2, 0.25) is 0 Å². The van der Waals surface area contributed by atoms with Gasteiger partial charge in [0.15, 0.2) is 0 Å². The minimum Gasteiger partial charge on any atom is -0.373 e. The smallest absolute Gasteiger partial charge is 0.253 e. The van der Waals surface area contributed by atoms with E-state index in [1.807, 2.05) is 74.5 Å². The highest BCUT2D eigenvalue weighted by molar-refractivity contribution is 5.74. The van der Waals surface area contributed by atoms with Crippen LogP contribution in [0.25, 0.3) is 0 Å². The van der Waals surface area contributed by atoms with Crippen LogP contribution in [0.2, 0.25) is 0 Å². The minimum atomic E-state index is -0.458. The van der Waals surface area contributed by atoms with Crippen molar-refractivity contribution in [2.24, 2.45) is 0 Å². The maximum atomic E-state index is 11.9. The van der Waals surface area contributed by atoms with E-state index in [4.69, 9.17) is 0 Å². The molecule has 0 aliphatic heterocycles.